The predicted octanol–water partition coefficient (Wildman–Crippen LogP) is 5.30. The number of hydrogen-bond acceptors (Lipinski definition) is 2. The summed E-state index contributed by atoms with van der Waals surface area (Å²) in [6.45, 7) is 6.00. The molecule has 0 N–H and O–H groups in total. The molecule has 0 atom stereocenters. The summed E-state index contributed by atoms with van der Waals surface area (Å²) < 4.78 is 0. The van der Waals surface area contributed by atoms with Crippen LogP contribution in [-0.2, 0) is 6.42 Å². The zero-order chi connectivity index (χ0) is 14.9. The molecule has 110 valence electrons. The highest BCUT2D eigenvalue weighted by atomic mass is 14.9. The van der Waals surface area contributed by atoms with Crippen molar-refractivity contribution < 1.29 is 0 Å². The SMILES string of the molecule is C=Cc1ccc(-c2ncc(CCCCCCC)cn2)cc1. The average molecular weight is 280 g/mol. The van der Waals surface area contributed by atoms with Gasteiger partial charge < -0.3 is 0 Å². The predicted molar refractivity (Wildman–Crippen MR) is 90.0 cm³/mol. The Morgan fingerprint density at radius 1 is 0.952 bits per heavy atom. The van der Waals surface area contributed by atoms with Gasteiger partial charge in [-0.2, -0.15) is 0 Å². The monoisotopic (exact) mass is 280 g/mol. The van der Waals surface area contributed by atoms with Crippen LogP contribution in [0.5, 0.6) is 0 Å². The summed E-state index contributed by atoms with van der Waals surface area (Å²) in [7, 11) is 0. The van der Waals surface area contributed by atoms with Crippen LogP contribution in [0, 0.1) is 0 Å². The summed E-state index contributed by atoms with van der Waals surface area (Å²) >= 11 is 0. The van der Waals surface area contributed by atoms with Crippen molar-refractivity contribution in [1.82, 2.24) is 9.97 Å². The maximum atomic E-state index is 4.48. The van der Waals surface area contributed by atoms with Crippen LogP contribution in [0.15, 0.2) is 43.2 Å². The molecule has 1 heterocycles. The molecular weight excluding hydrogens is 256 g/mol. The first-order valence-electron chi connectivity index (χ1n) is 7.87. The summed E-state index contributed by atoms with van der Waals surface area (Å²) in [5.74, 6) is 0.792. The lowest BCUT2D eigenvalue weighted by Crippen LogP contribution is -1.93. The highest BCUT2D eigenvalue weighted by Gasteiger charge is 2.01. The Morgan fingerprint density at radius 2 is 1.62 bits per heavy atom. The Bertz CT molecular complexity index is 541. The Kier molecular flexibility index (Phi) is 6.14. The van der Waals surface area contributed by atoms with Gasteiger partial charge in [-0.25, -0.2) is 9.97 Å². The topological polar surface area (TPSA) is 25.8 Å². The third kappa shape index (κ3) is 4.82. The Hall–Kier alpha value is -1.96. The fourth-order valence-corrected chi connectivity index (χ4v) is 2.33. The first-order chi connectivity index (χ1) is 10.3. The number of benzene rings is 1. The van der Waals surface area contributed by atoms with Gasteiger partial charge in [0, 0.05) is 18.0 Å². The van der Waals surface area contributed by atoms with Gasteiger partial charge in [-0.15, -0.1) is 0 Å². The minimum Gasteiger partial charge on any atom is -0.236 e. The van der Waals surface area contributed by atoms with E-state index in [-0.39, 0.29) is 0 Å². The summed E-state index contributed by atoms with van der Waals surface area (Å²) in [4.78, 5) is 8.97. The van der Waals surface area contributed by atoms with Gasteiger partial charge in [0.2, 0.25) is 0 Å². The fraction of sp³-hybridized carbons (Fsp3) is 0.368. The third-order valence-electron chi connectivity index (χ3n) is 3.68. The van der Waals surface area contributed by atoms with Crippen molar-refractivity contribution in [3.05, 3.63) is 54.4 Å². The van der Waals surface area contributed by atoms with Gasteiger partial charge in [0.15, 0.2) is 5.82 Å². The van der Waals surface area contributed by atoms with Crippen molar-refractivity contribution >= 4 is 6.08 Å². The molecule has 0 fully saturated rings. The number of unbranched alkanes of at least 4 members (excludes halogenated alkanes) is 4. The molecule has 2 aromatic rings. The van der Waals surface area contributed by atoms with Crippen LogP contribution in [0.3, 0.4) is 0 Å². The Labute approximate surface area is 128 Å². The van der Waals surface area contributed by atoms with E-state index in [1.165, 1.54) is 37.7 Å². The van der Waals surface area contributed by atoms with Gasteiger partial charge in [0.25, 0.3) is 0 Å². The van der Waals surface area contributed by atoms with E-state index >= 15 is 0 Å². The van der Waals surface area contributed by atoms with E-state index in [0.29, 0.717) is 0 Å². The molecule has 1 aromatic carbocycles. The standard InChI is InChI=1S/C19H24N2/c1-3-5-6-7-8-9-17-14-20-19(21-15-17)18-12-10-16(4-2)11-13-18/h4,10-15H,2-3,5-9H2,1H3. The number of aromatic nitrogens is 2. The summed E-state index contributed by atoms with van der Waals surface area (Å²) in [6.07, 6.45) is 13.4. The smallest absolute Gasteiger partial charge is 0.159 e. The molecule has 0 radical (unpaired) electrons. The minimum absolute atomic E-state index is 0.792. The Morgan fingerprint density at radius 3 is 2.24 bits per heavy atom. The number of rotatable bonds is 8. The van der Waals surface area contributed by atoms with Gasteiger partial charge in [0.1, 0.15) is 0 Å². The van der Waals surface area contributed by atoms with Gasteiger partial charge in [-0.1, -0.05) is 69.5 Å². The van der Waals surface area contributed by atoms with Crippen molar-refractivity contribution in [3.8, 4) is 11.4 Å². The second kappa shape index (κ2) is 8.35. The third-order valence-corrected chi connectivity index (χ3v) is 3.68. The highest BCUT2D eigenvalue weighted by Crippen LogP contribution is 2.16. The van der Waals surface area contributed by atoms with Crippen LogP contribution in [0.1, 0.15) is 50.2 Å². The van der Waals surface area contributed by atoms with Crippen LogP contribution in [-0.4, -0.2) is 9.97 Å². The van der Waals surface area contributed by atoms with E-state index in [2.05, 4.69) is 23.5 Å². The van der Waals surface area contributed by atoms with Crippen molar-refractivity contribution in [2.75, 3.05) is 0 Å². The molecule has 2 rings (SSSR count). The van der Waals surface area contributed by atoms with Gasteiger partial charge >= 0.3 is 0 Å². The summed E-state index contributed by atoms with van der Waals surface area (Å²) in [5, 5.41) is 0. The van der Waals surface area contributed by atoms with E-state index in [1.54, 1.807) is 0 Å². The number of hydrogen-bond donors (Lipinski definition) is 0. The lowest BCUT2D eigenvalue weighted by Gasteiger charge is -2.04. The molecule has 0 spiro atoms. The van der Waals surface area contributed by atoms with Crippen molar-refractivity contribution in [1.29, 1.82) is 0 Å². The van der Waals surface area contributed by atoms with Crippen molar-refractivity contribution in [3.63, 3.8) is 0 Å². The lowest BCUT2D eigenvalue weighted by atomic mass is 10.1. The molecule has 0 aliphatic rings. The molecule has 0 saturated carbocycles. The van der Waals surface area contributed by atoms with Crippen molar-refractivity contribution in [2.45, 2.75) is 45.4 Å². The quantitative estimate of drug-likeness (QED) is 0.613. The normalized spacial score (nSPS) is 10.5. The molecule has 2 heteroatoms. The van der Waals surface area contributed by atoms with Crippen molar-refractivity contribution in [2.24, 2.45) is 0 Å². The van der Waals surface area contributed by atoms with E-state index in [4.69, 9.17) is 0 Å². The molecule has 0 saturated heterocycles. The summed E-state index contributed by atoms with van der Waals surface area (Å²) in [5.41, 5.74) is 3.40. The molecule has 1 aromatic heterocycles. The van der Waals surface area contributed by atoms with Crippen LogP contribution in [0.4, 0.5) is 0 Å². The van der Waals surface area contributed by atoms with Gasteiger partial charge in [0.05, 0.1) is 0 Å². The van der Waals surface area contributed by atoms with Gasteiger partial charge in [-0.3, -0.25) is 0 Å². The second-order valence-corrected chi connectivity index (χ2v) is 5.41. The van der Waals surface area contributed by atoms with Crippen LogP contribution >= 0.6 is 0 Å². The van der Waals surface area contributed by atoms with E-state index in [1.807, 2.05) is 42.7 Å². The van der Waals surface area contributed by atoms with Crippen LogP contribution in [0.2, 0.25) is 0 Å². The zero-order valence-electron chi connectivity index (χ0n) is 12.9. The van der Waals surface area contributed by atoms with E-state index < -0.39 is 0 Å². The molecule has 0 aliphatic carbocycles. The maximum absolute atomic E-state index is 4.48. The maximum Gasteiger partial charge on any atom is 0.159 e. The molecule has 0 unspecified atom stereocenters. The zero-order valence-corrected chi connectivity index (χ0v) is 12.9. The molecular formula is C19H24N2. The van der Waals surface area contributed by atoms with Crippen LogP contribution < -0.4 is 0 Å². The molecule has 21 heavy (non-hydrogen) atoms. The highest BCUT2D eigenvalue weighted by molar-refractivity contribution is 5.58. The minimum atomic E-state index is 0.792. The first-order valence-corrected chi connectivity index (χ1v) is 7.87. The van der Waals surface area contributed by atoms with Gasteiger partial charge in [-0.05, 0) is 24.0 Å². The molecule has 2 nitrogen and oxygen atoms in total. The van der Waals surface area contributed by atoms with Crippen LogP contribution in [0.25, 0.3) is 17.5 Å². The fourth-order valence-electron chi connectivity index (χ4n) is 2.33. The summed E-state index contributed by atoms with van der Waals surface area (Å²) in [6, 6.07) is 8.15. The van der Waals surface area contributed by atoms with E-state index in [9.17, 15) is 0 Å². The largest absolute Gasteiger partial charge is 0.236 e. The average Bonchev–Trinajstić information content (AvgIpc) is 2.55. The Balaban J connectivity index is 1.90. The number of aryl methyl sites for hydroxylation is 1. The first kappa shape index (κ1) is 15.4. The van der Waals surface area contributed by atoms with E-state index in [0.717, 1.165) is 23.4 Å². The molecule has 0 aliphatic heterocycles. The molecule has 0 bridgehead atoms. The molecule has 0 amide bonds. The number of nitrogens with zero attached hydrogens (tertiary/aromatic N) is 2. The second-order valence-electron chi connectivity index (χ2n) is 5.41. The lowest BCUT2D eigenvalue weighted by molar-refractivity contribution is 0.631.